The van der Waals surface area contributed by atoms with E-state index in [-0.39, 0.29) is 23.6 Å². The zero-order chi connectivity index (χ0) is 24.8. The lowest BCUT2D eigenvalue weighted by Crippen LogP contribution is -2.31. The summed E-state index contributed by atoms with van der Waals surface area (Å²) in [5, 5.41) is 22.5. The van der Waals surface area contributed by atoms with E-state index < -0.39 is 17.7 Å². The molecule has 0 radical (unpaired) electrons. The van der Waals surface area contributed by atoms with E-state index in [1.807, 2.05) is 30.5 Å². The first-order valence-electron chi connectivity index (χ1n) is 11.9. The van der Waals surface area contributed by atoms with Gasteiger partial charge in [0.2, 0.25) is 0 Å². The molecule has 2 aliphatic heterocycles. The number of aromatic amines is 1. The number of ketones is 1. The molecule has 1 amide bonds. The van der Waals surface area contributed by atoms with Crippen molar-refractivity contribution in [2.45, 2.75) is 18.9 Å². The number of hydrogen-bond acceptors (Lipinski definition) is 5. The normalized spacial score (nSPS) is 18.6. The lowest BCUT2D eigenvalue weighted by molar-refractivity contribution is -0.139. The van der Waals surface area contributed by atoms with Gasteiger partial charge in [0.25, 0.3) is 11.7 Å². The van der Waals surface area contributed by atoms with Crippen molar-refractivity contribution in [1.82, 2.24) is 9.88 Å². The van der Waals surface area contributed by atoms with Crippen molar-refractivity contribution in [2.24, 2.45) is 0 Å². The Morgan fingerprint density at radius 1 is 1.06 bits per heavy atom. The summed E-state index contributed by atoms with van der Waals surface area (Å²) in [6.07, 6.45) is 3.14. The number of fused-ring (bicyclic) bond motifs is 2. The maximum absolute atomic E-state index is 13.3. The third-order valence-corrected chi connectivity index (χ3v) is 6.99. The molecule has 1 unspecified atom stereocenters. The van der Waals surface area contributed by atoms with Crippen molar-refractivity contribution in [1.29, 1.82) is 0 Å². The van der Waals surface area contributed by atoms with Crippen LogP contribution in [0.2, 0.25) is 0 Å². The Morgan fingerprint density at radius 2 is 1.92 bits per heavy atom. The van der Waals surface area contributed by atoms with Gasteiger partial charge in [-0.15, -0.1) is 0 Å². The third-order valence-electron chi connectivity index (χ3n) is 6.99. The molecule has 0 spiro atoms. The van der Waals surface area contributed by atoms with Crippen LogP contribution in [0, 0.1) is 0 Å². The van der Waals surface area contributed by atoms with Crippen molar-refractivity contribution in [3.8, 4) is 11.5 Å². The number of carbonyl (C=O) groups is 2. The number of aliphatic hydroxyl groups is 1. The molecule has 0 aliphatic carbocycles. The summed E-state index contributed by atoms with van der Waals surface area (Å²) in [6, 6.07) is 18.8. The fourth-order valence-corrected chi connectivity index (χ4v) is 5.22. The Hall–Kier alpha value is -4.52. The standard InChI is InChI=1S/C29H24N2O5/c32-21-5-3-4-18(15-21)26-25(27(33)19-8-9-24-17(14-19)11-13-36-24)28(34)29(35)31(26)12-10-20-16-30-23-7-2-1-6-22(20)23/h1-9,14-16,26,30,32-33H,10-13H2/b27-25+. The summed E-state index contributed by atoms with van der Waals surface area (Å²) in [4.78, 5) is 31.3. The first-order chi connectivity index (χ1) is 17.5. The van der Waals surface area contributed by atoms with E-state index in [9.17, 15) is 19.8 Å². The highest BCUT2D eigenvalue weighted by Crippen LogP contribution is 2.41. The minimum Gasteiger partial charge on any atom is -0.508 e. The molecule has 3 N–H and O–H groups in total. The fourth-order valence-electron chi connectivity index (χ4n) is 5.22. The minimum atomic E-state index is -0.827. The van der Waals surface area contributed by atoms with Gasteiger partial charge < -0.3 is 24.8 Å². The van der Waals surface area contributed by atoms with Crippen LogP contribution in [0.5, 0.6) is 11.5 Å². The quantitative estimate of drug-likeness (QED) is 0.222. The van der Waals surface area contributed by atoms with Gasteiger partial charge in [-0.3, -0.25) is 9.59 Å². The SMILES string of the molecule is O=C1C(=O)N(CCc2c[nH]c3ccccc23)C(c2cccc(O)c2)/C1=C(\O)c1ccc2c(c1)CCO2. The van der Waals surface area contributed by atoms with Crippen LogP contribution in [0.1, 0.15) is 28.3 Å². The monoisotopic (exact) mass is 480 g/mol. The highest BCUT2D eigenvalue weighted by Gasteiger charge is 2.46. The van der Waals surface area contributed by atoms with Gasteiger partial charge in [0, 0.05) is 35.6 Å². The molecule has 1 aromatic heterocycles. The summed E-state index contributed by atoms with van der Waals surface area (Å²) in [5.74, 6) is -0.864. The molecule has 1 saturated heterocycles. The number of rotatable bonds is 5. The summed E-state index contributed by atoms with van der Waals surface area (Å²) in [7, 11) is 0. The van der Waals surface area contributed by atoms with E-state index in [2.05, 4.69) is 4.98 Å². The number of aromatic nitrogens is 1. The largest absolute Gasteiger partial charge is 0.508 e. The number of ether oxygens (including phenoxy) is 1. The summed E-state index contributed by atoms with van der Waals surface area (Å²) >= 11 is 0. The molecule has 4 aromatic rings. The van der Waals surface area contributed by atoms with Crippen LogP contribution < -0.4 is 4.74 Å². The molecular formula is C29H24N2O5. The Balaban J connectivity index is 1.42. The van der Waals surface area contributed by atoms with Crippen LogP contribution in [-0.2, 0) is 22.4 Å². The number of Topliss-reactive ketones (excluding diaryl/α,β-unsaturated/α-hetero) is 1. The predicted molar refractivity (Wildman–Crippen MR) is 135 cm³/mol. The Bertz CT molecular complexity index is 1550. The number of benzene rings is 3. The number of carbonyl (C=O) groups excluding carboxylic acids is 2. The molecular weight excluding hydrogens is 456 g/mol. The van der Waals surface area contributed by atoms with Crippen LogP contribution in [0.4, 0.5) is 0 Å². The van der Waals surface area contributed by atoms with Gasteiger partial charge in [0.15, 0.2) is 0 Å². The van der Waals surface area contributed by atoms with Crippen LogP contribution in [0.3, 0.4) is 0 Å². The summed E-state index contributed by atoms with van der Waals surface area (Å²) < 4.78 is 5.56. The number of nitrogens with one attached hydrogen (secondary N) is 1. The molecule has 6 rings (SSSR count). The van der Waals surface area contributed by atoms with E-state index in [0.717, 1.165) is 27.8 Å². The van der Waals surface area contributed by atoms with E-state index in [1.165, 1.54) is 17.0 Å². The molecule has 0 saturated carbocycles. The second kappa shape index (κ2) is 8.61. The molecule has 1 atom stereocenters. The first-order valence-corrected chi connectivity index (χ1v) is 11.9. The lowest BCUT2D eigenvalue weighted by atomic mass is 9.94. The Labute approximate surface area is 207 Å². The highest BCUT2D eigenvalue weighted by molar-refractivity contribution is 6.46. The van der Waals surface area contributed by atoms with Crippen LogP contribution in [0.25, 0.3) is 16.7 Å². The van der Waals surface area contributed by atoms with Crippen molar-refractivity contribution in [2.75, 3.05) is 13.2 Å². The number of H-pyrrole nitrogens is 1. The van der Waals surface area contributed by atoms with Crippen LogP contribution in [0.15, 0.2) is 78.5 Å². The number of likely N-dealkylation sites (tertiary alicyclic amines) is 1. The second-order valence-electron chi connectivity index (χ2n) is 9.12. The van der Waals surface area contributed by atoms with Crippen molar-refractivity contribution in [3.63, 3.8) is 0 Å². The fraction of sp³-hybridized carbons (Fsp3) is 0.172. The second-order valence-corrected chi connectivity index (χ2v) is 9.12. The number of amides is 1. The predicted octanol–water partition coefficient (Wildman–Crippen LogP) is 4.47. The van der Waals surface area contributed by atoms with Crippen molar-refractivity contribution < 1.29 is 24.5 Å². The van der Waals surface area contributed by atoms with Gasteiger partial charge in [0.05, 0.1) is 18.2 Å². The number of nitrogens with zero attached hydrogens (tertiary/aromatic N) is 1. The van der Waals surface area contributed by atoms with Gasteiger partial charge >= 0.3 is 0 Å². The smallest absolute Gasteiger partial charge is 0.295 e. The van der Waals surface area contributed by atoms with E-state index >= 15 is 0 Å². The molecule has 36 heavy (non-hydrogen) atoms. The highest BCUT2D eigenvalue weighted by atomic mass is 16.5. The van der Waals surface area contributed by atoms with E-state index in [1.54, 1.807) is 30.3 Å². The Morgan fingerprint density at radius 3 is 2.78 bits per heavy atom. The molecule has 3 aromatic carbocycles. The molecule has 180 valence electrons. The lowest BCUT2D eigenvalue weighted by Gasteiger charge is -2.25. The average Bonchev–Trinajstić information content (AvgIpc) is 3.59. The van der Waals surface area contributed by atoms with Gasteiger partial charge in [-0.05, 0) is 59.5 Å². The third kappa shape index (κ3) is 3.60. The number of aromatic hydroxyl groups is 1. The molecule has 7 nitrogen and oxygen atoms in total. The number of phenols is 1. The number of para-hydroxylation sites is 1. The Kier molecular flexibility index (Phi) is 5.25. The molecule has 0 bridgehead atoms. The maximum Gasteiger partial charge on any atom is 0.295 e. The number of phenolic OH excluding ortho intramolecular Hbond substituents is 1. The van der Waals surface area contributed by atoms with Crippen molar-refractivity contribution in [3.05, 3.63) is 101 Å². The molecule has 3 heterocycles. The van der Waals surface area contributed by atoms with Gasteiger partial charge in [-0.1, -0.05) is 30.3 Å². The minimum absolute atomic E-state index is 0.0170. The zero-order valence-corrected chi connectivity index (χ0v) is 19.4. The average molecular weight is 481 g/mol. The number of hydrogen-bond donors (Lipinski definition) is 3. The first kappa shape index (κ1) is 22.0. The van der Waals surface area contributed by atoms with Gasteiger partial charge in [0.1, 0.15) is 17.3 Å². The zero-order valence-electron chi connectivity index (χ0n) is 19.4. The molecule has 2 aliphatic rings. The van der Waals surface area contributed by atoms with E-state index in [4.69, 9.17) is 4.74 Å². The number of aliphatic hydroxyl groups excluding tert-OH is 1. The van der Waals surface area contributed by atoms with Crippen molar-refractivity contribution >= 4 is 28.4 Å². The summed E-state index contributed by atoms with van der Waals surface area (Å²) in [5.41, 5.74) is 4.00. The van der Waals surface area contributed by atoms with Crippen LogP contribution >= 0.6 is 0 Å². The van der Waals surface area contributed by atoms with E-state index in [0.29, 0.717) is 30.6 Å². The topological polar surface area (TPSA) is 103 Å². The van der Waals surface area contributed by atoms with Gasteiger partial charge in [-0.2, -0.15) is 0 Å². The summed E-state index contributed by atoms with van der Waals surface area (Å²) in [6.45, 7) is 0.836. The van der Waals surface area contributed by atoms with Crippen LogP contribution in [-0.4, -0.2) is 44.9 Å². The van der Waals surface area contributed by atoms with Gasteiger partial charge in [-0.25, -0.2) is 0 Å². The maximum atomic E-state index is 13.3. The molecule has 7 heteroatoms. The molecule has 1 fully saturated rings.